The fraction of sp³-hybridized carbons (Fsp3) is 0.667. The van der Waals surface area contributed by atoms with Crippen molar-refractivity contribution in [1.29, 1.82) is 0 Å². The van der Waals surface area contributed by atoms with Gasteiger partial charge in [0.05, 0.1) is 13.2 Å². The Bertz CT molecular complexity index is 1340. The molecule has 6 heteroatoms. The van der Waals surface area contributed by atoms with E-state index in [4.69, 9.17) is 9.47 Å². The van der Waals surface area contributed by atoms with Gasteiger partial charge in [0.25, 0.3) is 0 Å². The van der Waals surface area contributed by atoms with Crippen LogP contribution in [-0.2, 0) is 23.1 Å². The Morgan fingerprint density at radius 1 is 1.07 bits per heavy atom. The zero-order valence-electron chi connectivity index (χ0n) is 27.6. The van der Waals surface area contributed by atoms with Crippen molar-refractivity contribution in [2.75, 3.05) is 26.7 Å². The lowest BCUT2D eigenvalue weighted by Gasteiger charge is -2.60. The quantitative estimate of drug-likeness (QED) is 0.212. The highest BCUT2D eigenvalue weighted by molar-refractivity contribution is 5.77. The second kappa shape index (κ2) is 13.2. The van der Waals surface area contributed by atoms with E-state index in [1.807, 2.05) is 0 Å². The molecule has 2 aliphatic heterocycles. The molecule has 2 saturated carbocycles. The Kier molecular flexibility index (Phi) is 9.05. The standard InChI is InChI=1S/C39H54N2O4/c1-3-4-22-41(35(43)16-12-7-5-6-9-13-27-14-10-8-11-15-27)31-20-19-30-32-24-29-33(42)25-34(44-2)37-36(29)39(30,38(31)45-37)21-23-40(32)26-28-17-18-28/h8,10-11,14-15,25,28,30-32,38,42H,3-7,9,12-13,16-24,26H2,1-2H3/t30-,31-,32+,38-,39-/m0/s1. The molecule has 0 unspecified atom stereocenters. The summed E-state index contributed by atoms with van der Waals surface area (Å²) in [6.07, 6.45) is 16.2. The monoisotopic (exact) mass is 614 g/mol. The highest BCUT2D eigenvalue weighted by Crippen LogP contribution is 2.66. The molecule has 2 aromatic rings. The Balaban J connectivity index is 1.07. The van der Waals surface area contributed by atoms with Crippen LogP contribution in [0.5, 0.6) is 17.2 Å². The summed E-state index contributed by atoms with van der Waals surface area (Å²) in [5.41, 5.74) is 3.56. The first kappa shape index (κ1) is 30.9. The minimum atomic E-state index is -0.161. The summed E-state index contributed by atoms with van der Waals surface area (Å²) in [6, 6.07) is 13.0. The van der Waals surface area contributed by atoms with E-state index in [0.717, 1.165) is 88.1 Å². The van der Waals surface area contributed by atoms with Crippen LogP contribution in [0.4, 0.5) is 0 Å². The Morgan fingerprint density at radius 3 is 2.64 bits per heavy atom. The molecule has 2 aromatic carbocycles. The van der Waals surface area contributed by atoms with Gasteiger partial charge in [-0.1, -0.05) is 62.9 Å². The zero-order chi connectivity index (χ0) is 31.0. The SMILES string of the molecule is CCCCN(C(=O)CCCCCCCc1ccccc1)[C@H]1CC[C@H]2[C@H]3Cc4c(O)cc(OC)c5c4[C@@]2(CCN3CC2CC2)[C@H]1O5. The molecule has 3 aliphatic carbocycles. The topological polar surface area (TPSA) is 62.2 Å². The molecule has 1 spiro atoms. The number of aryl methyl sites for hydroxylation is 1. The third kappa shape index (κ3) is 5.74. The number of rotatable bonds is 15. The molecule has 45 heavy (non-hydrogen) atoms. The van der Waals surface area contributed by atoms with Crippen LogP contribution in [0.3, 0.4) is 0 Å². The maximum Gasteiger partial charge on any atom is 0.222 e. The molecule has 1 N–H and O–H groups in total. The fourth-order valence-electron chi connectivity index (χ4n) is 9.71. The smallest absolute Gasteiger partial charge is 0.222 e. The van der Waals surface area contributed by atoms with E-state index in [2.05, 4.69) is 47.1 Å². The third-order valence-corrected chi connectivity index (χ3v) is 12.1. The summed E-state index contributed by atoms with van der Waals surface area (Å²) in [7, 11) is 1.68. The number of phenolic OH excluding ortho intramolecular Hbond substituents is 1. The number of ether oxygens (including phenoxy) is 2. The number of hydrogen-bond acceptors (Lipinski definition) is 5. The van der Waals surface area contributed by atoms with Gasteiger partial charge in [0.1, 0.15) is 11.9 Å². The first-order chi connectivity index (χ1) is 22.0. The van der Waals surface area contributed by atoms with Crippen LogP contribution >= 0.6 is 0 Å². The van der Waals surface area contributed by atoms with Gasteiger partial charge in [-0.15, -0.1) is 0 Å². The van der Waals surface area contributed by atoms with Crippen molar-refractivity contribution in [1.82, 2.24) is 9.80 Å². The molecule has 3 fully saturated rings. The zero-order valence-corrected chi connectivity index (χ0v) is 27.6. The van der Waals surface area contributed by atoms with E-state index in [1.165, 1.54) is 49.8 Å². The number of likely N-dealkylation sites (tertiary alicyclic amines) is 1. The van der Waals surface area contributed by atoms with Crippen molar-refractivity contribution in [3.05, 3.63) is 53.1 Å². The van der Waals surface area contributed by atoms with E-state index >= 15 is 0 Å². The van der Waals surface area contributed by atoms with E-state index < -0.39 is 0 Å². The molecule has 5 atom stereocenters. The van der Waals surface area contributed by atoms with Crippen LogP contribution in [0.15, 0.2) is 36.4 Å². The van der Waals surface area contributed by atoms with E-state index in [-0.39, 0.29) is 17.6 Å². The number of methoxy groups -OCH3 is 1. The number of benzene rings is 2. The van der Waals surface area contributed by atoms with Crippen LogP contribution in [-0.4, -0.2) is 65.7 Å². The second-order valence-corrected chi connectivity index (χ2v) is 14.8. The predicted octanol–water partition coefficient (Wildman–Crippen LogP) is 7.43. The summed E-state index contributed by atoms with van der Waals surface area (Å²) >= 11 is 0. The lowest BCUT2D eigenvalue weighted by molar-refractivity contribution is -0.143. The number of carbonyl (C=O) groups is 1. The lowest BCUT2D eigenvalue weighted by atomic mass is 9.50. The van der Waals surface area contributed by atoms with Crippen molar-refractivity contribution in [3.63, 3.8) is 0 Å². The third-order valence-electron chi connectivity index (χ3n) is 12.1. The summed E-state index contributed by atoms with van der Waals surface area (Å²) in [5, 5.41) is 11.3. The molecule has 1 saturated heterocycles. The van der Waals surface area contributed by atoms with Crippen LogP contribution in [0.1, 0.15) is 107 Å². The molecular formula is C39H54N2O4. The van der Waals surface area contributed by atoms with Gasteiger partial charge in [-0.25, -0.2) is 0 Å². The number of phenols is 1. The van der Waals surface area contributed by atoms with Crippen molar-refractivity contribution in [2.24, 2.45) is 11.8 Å². The van der Waals surface area contributed by atoms with E-state index in [1.54, 1.807) is 13.2 Å². The second-order valence-electron chi connectivity index (χ2n) is 14.8. The summed E-state index contributed by atoms with van der Waals surface area (Å²) in [6.45, 7) is 5.30. The molecule has 2 bridgehead atoms. The van der Waals surface area contributed by atoms with Crippen molar-refractivity contribution in [3.8, 4) is 17.2 Å². The van der Waals surface area contributed by atoms with Gasteiger partial charge in [0, 0.05) is 48.2 Å². The van der Waals surface area contributed by atoms with Crippen molar-refractivity contribution in [2.45, 2.75) is 127 Å². The number of hydrogen-bond donors (Lipinski definition) is 1. The number of unbranched alkanes of at least 4 members (excludes halogenated alkanes) is 5. The van der Waals surface area contributed by atoms with Crippen molar-refractivity contribution >= 4 is 5.91 Å². The van der Waals surface area contributed by atoms with Crippen LogP contribution in [0.2, 0.25) is 0 Å². The summed E-state index contributed by atoms with van der Waals surface area (Å²) in [5.74, 6) is 3.49. The minimum absolute atomic E-state index is 0.0620. The molecule has 6 nitrogen and oxygen atoms in total. The van der Waals surface area contributed by atoms with Crippen LogP contribution in [0.25, 0.3) is 0 Å². The molecule has 2 heterocycles. The average Bonchev–Trinajstić information content (AvgIpc) is 3.81. The van der Waals surface area contributed by atoms with Gasteiger partial charge >= 0.3 is 0 Å². The number of nitrogens with zero attached hydrogens (tertiary/aromatic N) is 2. The maximum absolute atomic E-state index is 14.1. The molecule has 5 aliphatic rings. The first-order valence-corrected chi connectivity index (χ1v) is 18.2. The number of carbonyl (C=O) groups excluding carboxylic acids is 1. The van der Waals surface area contributed by atoms with Gasteiger partial charge in [-0.05, 0) is 88.2 Å². The molecule has 1 amide bonds. The molecule has 0 aromatic heterocycles. The average molecular weight is 615 g/mol. The highest BCUT2D eigenvalue weighted by atomic mass is 16.5. The Morgan fingerprint density at radius 2 is 1.87 bits per heavy atom. The van der Waals surface area contributed by atoms with Gasteiger partial charge in [-0.2, -0.15) is 0 Å². The van der Waals surface area contributed by atoms with Crippen molar-refractivity contribution < 1.29 is 19.4 Å². The summed E-state index contributed by atoms with van der Waals surface area (Å²) in [4.78, 5) is 19.1. The Hall–Kier alpha value is -2.73. The van der Waals surface area contributed by atoms with E-state index in [9.17, 15) is 9.90 Å². The molecule has 244 valence electrons. The molecule has 7 rings (SSSR count). The van der Waals surface area contributed by atoms with Crippen LogP contribution in [0, 0.1) is 11.8 Å². The van der Waals surface area contributed by atoms with Gasteiger partial charge in [-0.3, -0.25) is 9.69 Å². The van der Waals surface area contributed by atoms with Gasteiger partial charge in [0.15, 0.2) is 11.5 Å². The predicted molar refractivity (Wildman–Crippen MR) is 178 cm³/mol. The lowest BCUT2D eigenvalue weighted by Crippen LogP contribution is -2.69. The first-order valence-electron chi connectivity index (χ1n) is 18.2. The van der Waals surface area contributed by atoms with Crippen LogP contribution < -0.4 is 9.47 Å². The van der Waals surface area contributed by atoms with E-state index in [0.29, 0.717) is 35.8 Å². The summed E-state index contributed by atoms with van der Waals surface area (Å²) < 4.78 is 12.9. The fourth-order valence-corrected chi connectivity index (χ4v) is 9.71. The largest absolute Gasteiger partial charge is 0.508 e. The van der Waals surface area contributed by atoms with Gasteiger partial charge < -0.3 is 19.5 Å². The Labute approximate surface area is 270 Å². The molecule has 0 radical (unpaired) electrons. The number of amides is 1. The molecular weight excluding hydrogens is 560 g/mol. The highest BCUT2D eigenvalue weighted by Gasteiger charge is 2.67. The minimum Gasteiger partial charge on any atom is -0.508 e. The van der Waals surface area contributed by atoms with Gasteiger partial charge in [0.2, 0.25) is 5.91 Å². The normalized spacial score (nSPS) is 28.0. The number of piperidine rings is 1. The number of aromatic hydroxyl groups is 1. The maximum atomic E-state index is 14.1.